The number of aromatic nitrogens is 1. The highest BCUT2D eigenvalue weighted by Crippen LogP contribution is 2.27. The second-order valence-electron chi connectivity index (χ2n) is 5.68. The van der Waals surface area contributed by atoms with Crippen LogP contribution in [-0.4, -0.2) is 22.8 Å². The Labute approximate surface area is 117 Å². The summed E-state index contributed by atoms with van der Waals surface area (Å²) < 4.78 is 5.41. The molecule has 19 heavy (non-hydrogen) atoms. The molecule has 108 valence electrons. The summed E-state index contributed by atoms with van der Waals surface area (Å²) >= 11 is 0. The SMILES string of the molecule is CCCCCC(C)(O)Cc1ncc(C)c(OC)c1C. The highest BCUT2D eigenvalue weighted by molar-refractivity contribution is 5.41. The molecule has 0 fully saturated rings. The van der Waals surface area contributed by atoms with E-state index in [-0.39, 0.29) is 0 Å². The van der Waals surface area contributed by atoms with Crippen LogP contribution in [0, 0.1) is 13.8 Å². The van der Waals surface area contributed by atoms with Gasteiger partial charge in [-0.05, 0) is 27.2 Å². The van der Waals surface area contributed by atoms with E-state index in [0.29, 0.717) is 6.42 Å². The molecular formula is C16H27NO2. The highest BCUT2D eigenvalue weighted by atomic mass is 16.5. The van der Waals surface area contributed by atoms with Crippen molar-refractivity contribution < 1.29 is 9.84 Å². The summed E-state index contributed by atoms with van der Waals surface area (Å²) in [7, 11) is 1.68. The molecule has 0 saturated carbocycles. The van der Waals surface area contributed by atoms with Gasteiger partial charge in [0.1, 0.15) is 5.75 Å². The van der Waals surface area contributed by atoms with Crippen LogP contribution < -0.4 is 4.74 Å². The molecule has 3 heteroatoms. The highest BCUT2D eigenvalue weighted by Gasteiger charge is 2.23. The molecule has 1 unspecified atom stereocenters. The number of hydrogen-bond acceptors (Lipinski definition) is 3. The Morgan fingerprint density at radius 1 is 1.32 bits per heavy atom. The van der Waals surface area contributed by atoms with E-state index < -0.39 is 5.60 Å². The second kappa shape index (κ2) is 6.90. The number of pyridine rings is 1. The first-order valence-corrected chi connectivity index (χ1v) is 7.12. The van der Waals surface area contributed by atoms with Crippen molar-refractivity contribution in [2.45, 2.75) is 65.4 Å². The zero-order valence-electron chi connectivity index (χ0n) is 12.9. The number of rotatable bonds is 7. The minimum atomic E-state index is -0.687. The number of nitrogens with zero attached hydrogens (tertiary/aromatic N) is 1. The molecule has 0 bridgehead atoms. The van der Waals surface area contributed by atoms with Gasteiger partial charge < -0.3 is 9.84 Å². The van der Waals surface area contributed by atoms with Gasteiger partial charge in [-0.2, -0.15) is 0 Å². The van der Waals surface area contributed by atoms with Crippen molar-refractivity contribution in [3.63, 3.8) is 0 Å². The first kappa shape index (κ1) is 16.0. The quantitative estimate of drug-likeness (QED) is 0.766. The summed E-state index contributed by atoms with van der Waals surface area (Å²) in [5.41, 5.74) is 2.32. The maximum absolute atomic E-state index is 10.5. The molecule has 1 atom stereocenters. The largest absolute Gasteiger partial charge is 0.496 e. The third kappa shape index (κ3) is 4.50. The van der Waals surface area contributed by atoms with Crippen LogP contribution in [0.4, 0.5) is 0 Å². The van der Waals surface area contributed by atoms with Crippen LogP contribution in [0.25, 0.3) is 0 Å². The maximum Gasteiger partial charge on any atom is 0.128 e. The van der Waals surface area contributed by atoms with Crippen molar-refractivity contribution in [2.75, 3.05) is 7.11 Å². The van der Waals surface area contributed by atoms with E-state index in [1.165, 1.54) is 12.8 Å². The van der Waals surface area contributed by atoms with Gasteiger partial charge in [-0.3, -0.25) is 4.98 Å². The summed E-state index contributed by atoms with van der Waals surface area (Å²) in [6.07, 6.45) is 6.62. The topological polar surface area (TPSA) is 42.4 Å². The molecule has 0 radical (unpaired) electrons. The number of ether oxygens (including phenoxy) is 1. The first-order chi connectivity index (χ1) is 8.91. The lowest BCUT2D eigenvalue weighted by atomic mass is 9.91. The van der Waals surface area contributed by atoms with Gasteiger partial charge >= 0.3 is 0 Å². The summed E-state index contributed by atoms with van der Waals surface area (Å²) in [5.74, 6) is 0.884. The standard InChI is InChI=1S/C16H27NO2/c1-6-7-8-9-16(4,18)10-14-13(3)15(19-5)12(2)11-17-14/h11,18H,6-10H2,1-5H3. The Kier molecular flexibility index (Phi) is 5.80. The van der Waals surface area contributed by atoms with Crippen LogP contribution in [0.3, 0.4) is 0 Å². The average molecular weight is 265 g/mol. The Balaban J connectivity index is 2.81. The molecule has 0 spiro atoms. The summed E-state index contributed by atoms with van der Waals surface area (Å²) in [6, 6.07) is 0. The molecule has 1 heterocycles. The monoisotopic (exact) mass is 265 g/mol. The zero-order chi connectivity index (χ0) is 14.5. The number of hydrogen-bond donors (Lipinski definition) is 1. The molecule has 1 rings (SSSR count). The van der Waals surface area contributed by atoms with Crippen molar-refractivity contribution in [1.82, 2.24) is 4.98 Å². The Morgan fingerprint density at radius 2 is 2.00 bits per heavy atom. The normalized spacial score (nSPS) is 14.2. The number of aliphatic hydroxyl groups is 1. The van der Waals surface area contributed by atoms with E-state index in [2.05, 4.69) is 11.9 Å². The van der Waals surface area contributed by atoms with E-state index in [0.717, 1.165) is 35.4 Å². The predicted octanol–water partition coefficient (Wildman–Crippen LogP) is 3.58. The summed E-state index contributed by atoms with van der Waals surface area (Å²) in [4.78, 5) is 4.46. The van der Waals surface area contributed by atoms with Gasteiger partial charge in [0.25, 0.3) is 0 Å². The fourth-order valence-corrected chi connectivity index (χ4v) is 2.45. The van der Waals surface area contributed by atoms with Gasteiger partial charge in [0.05, 0.1) is 12.7 Å². The fourth-order valence-electron chi connectivity index (χ4n) is 2.45. The molecular weight excluding hydrogens is 238 g/mol. The van der Waals surface area contributed by atoms with Gasteiger partial charge in [-0.1, -0.05) is 26.2 Å². The zero-order valence-corrected chi connectivity index (χ0v) is 12.9. The molecule has 3 nitrogen and oxygen atoms in total. The van der Waals surface area contributed by atoms with Gasteiger partial charge in [-0.25, -0.2) is 0 Å². The Hall–Kier alpha value is -1.09. The number of unbranched alkanes of at least 4 members (excludes halogenated alkanes) is 2. The van der Waals surface area contributed by atoms with E-state index >= 15 is 0 Å². The van der Waals surface area contributed by atoms with Gasteiger partial charge in [0.15, 0.2) is 0 Å². The van der Waals surface area contributed by atoms with Crippen LogP contribution in [0.1, 0.15) is 56.4 Å². The fraction of sp³-hybridized carbons (Fsp3) is 0.688. The van der Waals surface area contributed by atoms with Crippen molar-refractivity contribution in [1.29, 1.82) is 0 Å². The molecule has 1 N–H and O–H groups in total. The van der Waals surface area contributed by atoms with E-state index in [1.54, 1.807) is 7.11 Å². The Morgan fingerprint density at radius 3 is 2.58 bits per heavy atom. The van der Waals surface area contributed by atoms with Crippen molar-refractivity contribution >= 4 is 0 Å². The van der Waals surface area contributed by atoms with Crippen molar-refractivity contribution in [3.8, 4) is 5.75 Å². The van der Waals surface area contributed by atoms with Crippen molar-refractivity contribution in [3.05, 3.63) is 23.0 Å². The van der Waals surface area contributed by atoms with Crippen LogP contribution >= 0.6 is 0 Å². The molecule has 0 aromatic carbocycles. The van der Waals surface area contributed by atoms with Crippen LogP contribution in [0.5, 0.6) is 5.75 Å². The third-order valence-corrected chi connectivity index (χ3v) is 3.62. The molecule has 0 amide bonds. The lowest BCUT2D eigenvalue weighted by molar-refractivity contribution is 0.0474. The summed E-state index contributed by atoms with van der Waals surface area (Å²) in [6.45, 7) is 8.07. The van der Waals surface area contributed by atoms with Gasteiger partial charge in [0, 0.05) is 29.4 Å². The second-order valence-corrected chi connectivity index (χ2v) is 5.68. The number of methoxy groups -OCH3 is 1. The first-order valence-electron chi connectivity index (χ1n) is 7.12. The third-order valence-electron chi connectivity index (χ3n) is 3.62. The van der Waals surface area contributed by atoms with E-state index in [9.17, 15) is 5.11 Å². The molecule has 1 aromatic heterocycles. The van der Waals surface area contributed by atoms with E-state index in [4.69, 9.17) is 4.74 Å². The maximum atomic E-state index is 10.5. The molecule has 0 aliphatic rings. The van der Waals surface area contributed by atoms with E-state index in [1.807, 2.05) is 27.0 Å². The van der Waals surface area contributed by atoms with Crippen LogP contribution in [0.2, 0.25) is 0 Å². The minimum Gasteiger partial charge on any atom is -0.496 e. The smallest absolute Gasteiger partial charge is 0.128 e. The minimum absolute atomic E-state index is 0.583. The van der Waals surface area contributed by atoms with Crippen molar-refractivity contribution in [2.24, 2.45) is 0 Å². The summed E-state index contributed by atoms with van der Waals surface area (Å²) in [5, 5.41) is 10.5. The lowest BCUT2D eigenvalue weighted by Crippen LogP contribution is -2.28. The van der Waals surface area contributed by atoms with Gasteiger partial charge in [0.2, 0.25) is 0 Å². The number of aryl methyl sites for hydroxylation is 1. The van der Waals surface area contributed by atoms with Crippen LogP contribution in [0.15, 0.2) is 6.20 Å². The predicted molar refractivity (Wildman–Crippen MR) is 78.7 cm³/mol. The molecule has 1 aromatic rings. The average Bonchev–Trinajstić information content (AvgIpc) is 2.34. The van der Waals surface area contributed by atoms with Gasteiger partial charge in [-0.15, -0.1) is 0 Å². The molecule has 0 saturated heterocycles. The Bertz CT molecular complexity index is 413. The molecule has 0 aliphatic heterocycles. The van der Waals surface area contributed by atoms with Crippen LogP contribution in [-0.2, 0) is 6.42 Å². The molecule has 0 aliphatic carbocycles. The lowest BCUT2D eigenvalue weighted by Gasteiger charge is -2.24.